The molecule has 80 valence electrons. The lowest BCUT2D eigenvalue weighted by atomic mass is 9.94. The van der Waals surface area contributed by atoms with Crippen LogP contribution in [0.5, 0.6) is 0 Å². The Balaban J connectivity index is 2.64. The van der Waals surface area contributed by atoms with E-state index in [4.69, 9.17) is 16.9 Å². The maximum atomic E-state index is 7.03. The summed E-state index contributed by atoms with van der Waals surface area (Å²) in [5.41, 5.74) is 10.9. The van der Waals surface area contributed by atoms with Crippen molar-refractivity contribution in [1.29, 1.82) is 5.41 Å². The minimum Gasteiger partial charge on any atom is -0.369 e. The van der Waals surface area contributed by atoms with Crippen LogP contribution in [0.3, 0.4) is 0 Å². The van der Waals surface area contributed by atoms with Gasteiger partial charge in [-0.1, -0.05) is 6.92 Å². The van der Waals surface area contributed by atoms with Crippen molar-refractivity contribution in [3.63, 3.8) is 0 Å². The summed E-state index contributed by atoms with van der Waals surface area (Å²) in [6, 6.07) is 0.391. The van der Waals surface area contributed by atoms with E-state index in [9.17, 15) is 0 Å². The molecule has 0 amide bonds. The third-order valence-corrected chi connectivity index (χ3v) is 2.67. The molecule has 1 aliphatic rings. The molecule has 0 radical (unpaired) electrons. The second-order valence-electron chi connectivity index (χ2n) is 4.03. The van der Waals surface area contributed by atoms with Gasteiger partial charge in [0.25, 0.3) is 0 Å². The Morgan fingerprint density at radius 2 is 2.07 bits per heavy atom. The first-order valence-corrected chi connectivity index (χ1v) is 4.95. The van der Waals surface area contributed by atoms with E-state index in [0.29, 0.717) is 12.0 Å². The van der Waals surface area contributed by atoms with Gasteiger partial charge in [0.05, 0.1) is 0 Å². The normalized spacial score (nSPS) is 29.0. The fourth-order valence-corrected chi connectivity index (χ4v) is 1.94. The molecule has 2 atom stereocenters. The molecule has 14 heavy (non-hydrogen) atoms. The van der Waals surface area contributed by atoms with Crippen molar-refractivity contribution in [3.05, 3.63) is 0 Å². The molecule has 1 heterocycles. The van der Waals surface area contributed by atoms with Gasteiger partial charge in [-0.2, -0.15) is 4.99 Å². The Morgan fingerprint density at radius 3 is 2.57 bits per heavy atom. The number of hydrogen-bond donors (Lipinski definition) is 3. The van der Waals surface area contributed by atoms with Gasteiger partial charge in [-0.25, -0.2) is 0 Å². The Bertz CT molecular complexity index is 248. The van der Waals surface area contributed by atoms with Gasteiger partial charge in [0.2, 0.25) is 5.96 Å². The van der Waals surface area contributed by atoms with E-state index in [0.717, 1.165) is 25.3 Å². The molecule has 0 saturated carbocycles. The van der Waals surface area contributed by atoms with Crippen LogP contribution in [-0.4, -0.2) is 29.4 Å². The zero-order chi connectivity index (χ0) is 10.7. The SMILES string of the molecule is CC1CCN(/C(N)=N/C(=N)N)C(C)C1. The maximum Gasteiger partial charge on any atom is 0.215 e. The Morgan fingerprint density at radius 1 is 1.43 bits per heavy atom. The number of likely N-dealkylation sites (tertiary alicyclic amines) is 1. The topological polar surface area (TPSA) is 91.5 Å². The highest BCUT2D eigenvalue weighted by Crippen LogP contribution is 2.21. The maximum absolute atomic E-state index is 7.03. The second kappa shape index (κ2) is 4.30. The van der Waals surface area contributed by atoms with Gasteiger partial charge >= 0.3 is 0 Å². The van der Waals surface area contributed by atoms with Gasteiger partial charge in [0, 0.05) is 12.6 Å². The van der Waals surface area contributed by atoms with Crippen LogP contribution < -0.4 is 11.5 Å². The monoisotopic (exact) mass is 197 g/mol. The number of nitrogens with two attached hydrogens (primary N) is 2. The lowest BCUT2D eigenvalue weighted by Gasteiger charge is -2.37. The third-order valence-electron chi connectivity index (χ3n) is 2.67. The molecule has 1 rings (SSSR count). The van der Waals surface area contributed by atoms with Crippen LogP contribution in [0.1, 0.15) is 26.7 Å². The van der Waals surface area contributed by atoms with E-state index in [-0.39, 0.29) is 5.96 Å². The van der Waals surface area contributed by atoms with E-state index in [1.54, 1.807) is 0 Å². The molecule has 0 spiro atoms. The zero-order valence-corrected chi connectivity index (χ0v) is 8.83. The first-order valence-electron chi connectivity index (χ1n) is 4.95. The smallest absolute Gasteiger partial charge is 0.215 e. The molecule has 5 nitrogen and oxygen atoms in total. The number of guanidine groups is 2. The summed E-state index contributed by atoms with van der Waals surface area (Å²) in [7, 11) is 0. The predicted octanol–water partition coefficient (Wildman–Crippen LogP) is 0.315. The summed E-state index contributed by atoms with van der Waals surface area (Å²) in [6.07, 6.45) is 2.24. The van der Waals surface area contributed by atoms with Crippen LogP contribution in [0.25, 0.3) is 0 Å². The van der Waals surface area contributed by atoms with Crippen molar-refractivity contribution < 1.29 is 0 Å². The zero-order valence-electron chi connectivity index (χ0n) is 8.83. The number of nitrogens with one attached hydrogen (secondary N) is 1. The number of nitrogens with zero attached hydrogens (tertiary/aromatic N) is 2. The molecule has 5 heteroatoms. The van der Waals surface area contributed by atoms with Gasteiger partial charge in [0.15, 0.2) is 5.96 Å². The molecule has 0 aromatic carbocycles. The van der Waals surface area contributed by atoms with Crippen LogP contribution in [0, 0.1) is 11.3 Å². The predicted molar refractivity (Wildman–Crippen MR) is 58.1 cm³/mol. The number of rotatable bonds is 0. The molecular formula is C9H19N5. The highest BCUT2D eigenvalue weighted by molar-refractivity contribution is 5.91. The van der Waals surface area contributed by atoms with Crippen molar-refractivity contribution in [2.24, 2.45) is 22.4 Å². The van der Waals surface area contributed by atoms with Gasteiger partial charge in [-0.05, 0) is 25.7 Å². The van der Waals surface area contributed by atoms with Crippen LogP contribution in [0.4, 0.5) is 0 Å². The number of piperidine rings is 1. The first-order chi connectivity index (χ1) is 6.50. The average Bonchev–Trinajstić information content (AvgIpc) is 2.01. The molecule has 1 aliphatic heterocycles. The van der Waals surface area contributed by atoms with Crippen LogP contribution >= 0.6 is 0 Å². The minimum absolute atomic E-state index is 0.228. The fourth-order valence-electron chi connectivity index (χ4n) is 1.94. The van der Waals surface area contributed by atoms with E-state index < -0.39 is 0 Å². The molecule has 2 unspecified atom stereocenters. The lowest BCUT2D eigenvalue weighted by Crippen LogP contribution is -2.48. The Hall–Kier alpha value is -1.26. The van der Waals surface area contributed by atoms with E-state index in [2.05, 4.69) is 18.8 Å². The molecule has 0 aromatic heterocycles. The van der Waals surface area contributed by atoms with Gasteiger partial charge in [0.1, 0.15) is 0 Å². The largest absolute Gasteiger partial charge is 0.369 e. The van der Waals surface area contributed by atoms with Crippen LogP contribution in [0.2, 0.25) is 0 Å². The third kappa shape index (κ3) is 2.61. The van der Waals surface area contributed by atoms with Gasteiger partial charge in [-0.15, -0.1) is 0 Å². The molecule has 0 aromatic rings. The summed E-state index contributed by atoms with van der Waals surface area (Å²) >= 11 is 0. The quantitative estimate of drug-likeness (QED) is 0.385. The highest BCUT2D eigenvalue weighted by atomic mass is 15.3. The molecule has 0 aliphatic carbocycles. The fraction of sp³-hybridized carbons (Fsp3) is 0.778. The van der Waals surface area contributed by atoms with Crippen molar-refractivity contribution >= 4 is 11.9 Å². The lowest BCUT2D eigenvalue weighted by molar-refractivity contribution is 0.208. The van der Waals surface area contributed by atoms with Crippen molar-refractivity contribution in [2.45, 2.75) is 32.7 Å². The summed E-state index contributed by atoms with van der Waals surface area (Å²) in [4.78, 5) is 5.77. The highest BCUT2D eigenvalue weighted by Gasteiger charge is 2.24. The molecular weight excluding hydrogens is 178 g/mol. The van der Waals surface area contributed by atoms with Crippen molar-refractivity contribution in [1.82, 2.24) is 4.90 Å². The standard InChI is InChI=1S/C9H19N5/c1-6-3-4-14(7(2)5-6)9(12)13-8(10)11/h6-7H,3-5H2,1-2H3,(H5,10,11,12,13). The summed E-state index contributed by atoms with van der Waals surface area (Å²) in [5.74, 6) is 0.886. The van der Waals surface area contributed by atoms with Gasteiger partial charge < -0.3 is 16.4 Å². The summed E-state index contributed by atoms with van der Waals surface area (Å²) in [6.45, 7) is 5.27. The molecule has 1 fully saturated rings. The molecule has 0 bridgehead atoms. The van der Waals surface area contributed by atoms with Crippen molar-refractivity contribution in [2.75, 3.05) is 6.54 Å². The second-order valence-corrected chi connectivity index (χ2v) is 4.03. The summed E-state index contributed by atoms with van der Waals surface area (Å²) < 4.78 is 0. The average molecular weight is 197 g/mol. The Kier molecular flexibility index (Phi) is 3.33. The molecule has 5 N–H and O–H groups in total. The minimum atomic E-state index is -0.228. The van der Waals surface area contributed by atoms with Crippen LogP contribution in [-0.2, 0) is 0 Å². The molecule has 1 saturated heterocycles. The number of aliphatic imine (C=N–C) groups is 1. The number of hydrogen-bond acceptors (Lipinski definition) is 1. The van der Waals surface area contributed by atoms with E-state index in [1.807, 2.05) is 4.90 Å². The van der Waals surface area contributed by atoms with E-state index in [1.165, 1.54) is 0 Å². The van der Waals surface area contributed by atoms with Crippen LogP contribution in [0.15, 0.2) is 4.99 Å². The van der Waals surface area contributed by atoms with Crippen molar-refractivity contribution in [3.8, 4) is 0 Å². The first kappa shape index (κ1) is 10.8. The van der Waals surface area contributed by atoms with Gasteiger partial charge in [-0.3, -0.25) is 5.41 Å². The van der Waals surface area contributed by atoms with E-state index >= 15 is 0 Å². The Labute approximate surface area is 84.7 Å². The summed E-state index contributed by atoms with van der Waals surface area (Å²) in [5, 5.41) is 7.03.